The van der Waals surface area contributed by atoms with E-state index in [4.69, 9.17) is 9.47 Å². The number of rotatable bonds is 5. The molecule has 1 amide bonds. The maximum atomic E-state index is 12.4. The Balaban J connectivity index is 1.38. The largest absolute Gasteiger partial charge is 0.454 e. The Labute approximate surface area is 181 Å². The summed E-state index contributed by atoms with van der Waals surface area (Å²) in [7, 11) is 0. The molecule has 0 saturated carbocycles. The number of hydrogen-bond acceptors (Lipinski definition) is 6. The zero-order chi connectivity index (χ0) is 22.0. The Hall–Kier alpha value is -3.79. The summed E-state index contributed by atoms with van der Waals surface area (Å²) in [6, 6.07) is 15.2. The molecular formula is C24H24N4O3. The fourth-order valence-electron chi connectivity index (χ4n) is 3.36. The average Bonchev–Trinajstić information content (AvgIpc) is 3.21. The maximum absolute atomic E-state index is 12.4. The first-order chi connectivity index (χ1) is 14.8. The van der Waals surface area contributed by atoms with E-state index in [0.29, 0.717) is 47.1 Å². The molecule has 1 aromatic heterocycles. The predicted molar refractivity (Wildman–Crippen MR) is 119 cm³/mol. The van der Waals surface area contributed by atoms with Crippen molar-refractivity contribution in [2.24, 2.45) is 0 Å². The summed E-state index contributed by atoms with van der Waals surface area (Å²) >= 11 is 0. The second-order valence-corrected chi connectivity index (χ2v) is 8.40. The van der Waals surface area contributed by atoms with Gasteiger partial charge in [-0.05, 0) is 35.2 Å². The summed E-state index contributed by atoms with van der Waals surface area (Å²) in [6.45, 7) is 7.42. The van der Waals surface area contributed by atoms with Gasteiger partial charge >= 0.3 is 0 Å². The van der Waals surface area contributed by atoms with Crippen LogP contribution in [0, 0.1) is 11.3 Å². The van der Waals surface area contributed by atoms with Gasteiger partial charge in [0.2, 0.25) is 6.79 Å². The molecule has 7 heteroatoms. The standard InChI is InChI=1S/C24H24N4O3/c1-24(2,3)18-6-4-15(5-7-18)23(29)27-9-8-26-22-17(13-25)10-16-11-20-21(31-14-30-20)12-19(16)28-22/h4-7,10-12H,8-9,14H2,1-3H3,(H,26,28)(H,27,29). The van der Waals surface area contributed by atoms with E-state index in [1.165, 1.54) is 5.56 Å². The minimum Gasteiger partial charge on any atom is -0.454 e. The van der Waals surface area contributed by atoms with Crippen molar-refractivity contribution in [3.05, 3.63) is 59.2 Å². The molecule has 0 aliphatic carbocycles. The van der Waals surface area contributed by atoms with Crippen molar-refractivity contribution in [1.29, 1.82) is 5.26 Å². The molecule has 158 valence electrons. The van der Waals surface area contributed by atoms with Crippen molar-refractivity contribution >= 4 is 22.6 Å². The molecule has 1 aliphatic heterocycles. The van der Waals surface area contributed by atoms with Gasteiger partial charge in [0.05, 0.1) is 11.1 Å². The summed E-state index contributed by atoms with van der Waals surface area (Å²) in [4.78, 5) is 16.9. The van der Waals surface area contributed by atoms with Gasteiger partial charge in [-0.15, -0.1) is 0 Å². The van der Waals surface area contributed by atoms with Crippen molar-refractivity contribution in [1.82, 2.24) is 10.3 Å². The molecule has 31 heavy (non-hydrogen) atoms. The zero-order valence-electron chi connectivity index (χ0n) is 17.8. The van der Waals surface area contributed by atoms with Crippen molar-refractivity contribution < 1.29 is 14.3 Å². The fourth-order valence-corrected chi connectivity index (χ4v) is 3.36. The quantitative estimate of drug-likeness (QED) is 0.611. The number of benzene rings is 2. The van der Waals surface area contributed by atoms with Gasteiger partial charge in [0, 0.05) is 30.1 Å². The zero-order valence-corrected chi connectivity index (χ0v) is 17.8. The molecule has 3 aromatic rings. The van der Waals surface area contributed by atoms with Gasteiger partial charge in [-0.3, -0.25) is 4.79 Å². The molecule has 0 unspecified atom stereocenters. The van der Waals surface area contributed by atoms with E-state index < -0.39 is 0 Å². The third-order valence-electron chi connectivity index (χ3n) is 5.15. The van der Waals surface area contributed by atoms with Crippen molar-refractivity contribution in [3.63, 3.8) is 0 Å². The second-order valence-electron chi connectivity index (χ2n) is 8.40. The molecule has 0 saturated heterocycles. The normalized spacial score (nSPS) is 12.5. The van der Waals surface area contributed by atoms with E-state index in [2.05, 4.69) is 42.5 Å². The summed E-state index contributed by atoms with van der Waals surface area (Å²) in [6.07, 6.45) is 0. The number of ether oxygens (including phenoxy) is 2. The van der Waals surface area contributed by atoms with Crippen LogP contribution < -0.4 is 20.1 Å². The van der Waals surface area contributed by atoms with E-state index in [9.17, 15) is 10.1 Å². The number of hydrogen-bond donors (Lipinski definition) is 2. The summed E-state index contributed by atoms with van der Waals surface area (Å²) < 4.78 is 10.8. The monoisotopic (exact) mass is 416 g/mol. The van der Waals surface area contributed by atoms with Crippen LogP contribution in [-0.4, -0.2) is 30.8 Å². The number of anilines is 1. The number of carbonyl (C=O) groups is 1. The molecule has 0 spiro atoms. The minimum absolute atomic E-state index is 0.0451. The van der Waals surface area contributed by atoms with Crippen LogP contribution in [-0.2, 0) is 5.41 Å². The summed E-state index contributed by atoms with van der Waals surface area (Å²) in [5, 5.41) is 16.3. The van der Waals surface area contributed by atoms with E-state index in [-0.39, 0.29) is 18.1 Å². The number of fused-ring (bicyclic) bond motifs is 2. The Morgan fingerprint density at radius 2 is 1.81 bits per heavy atom. The Morgan fingerprint density at radius 3 is 2.48 bits per heavy atom. The van der Waals surface area contributed by atoms with Crippen LogP contribution in [0.2, 0.25) is 0 Å². The molecule has 0 bridgehead atoms. The van der Waals surface area contributed by atoms with E-state index in [1.807, 2.05) is 30.3 Å². The highest BCUT2D eigenvalue weighted by molar-refractivity contribution is 5.94. The first-order valence-electron chi connectivity index (χ1n) is 10.1. The summed E-state index contributed by atoms with van der Waals surface area (Å²) in [5.74, 6) is 1.62. The number of amides is 1. The molecule has 2 aromatic carbocycles. The van der Waals surface area contributed by atoms with E-state index >= 15 is 0 Å². The number of nitriles is 1. The molecule has 0 fully saturated rings. The maximum Gasteiger partial charge on any atom is 0.251 e. The van der Waals surface area contributed by atoms with Gasteiger partial charge in [-0.1, -0.05) is 32.9 Å². The molecular weight excluding hydrogens is 392 g/mol. The minimum atomic E-state index is -0.137. The SMILES string of the molecule is CC(C)(C)c1ccc(C(=O)NCCNc2nc3cc4c(cc3cc2C#N)OCO4)cc1. The highest BCUT2D eigenvalue weighted by Crippen LogP contribution is 2.36. The number of nitrogens with one attached hydrogen (secondary N) is 2. The lowest BCUT2D eigenvalue weighted by Gasteiger charge is -2.19. The molecule has 4 rings (SSSR count). The number of carbonyl (C=O) groups excluding carboxylic acids is 1. The van der Waals surface area contributed by atoms with Crippen molar-refractivity contribution in [2.75, 3.05) is 25.2 Å². The third-order valence-corrected chi connectivity index (χ3v) is 5.15. The van der Waals surface area contributed by atoms with Gasteiger partial charge in [0.25, 0.3) is 5.91 Å². The first kappa shape index (κ1) is 20.5. The Morgan fingerprint density at radius 1 is 1.10 bits per heavy atom. The lowest BCUT2D eigenvalue weighted by atomic mass is 9.87. The van der Waals surface area contributed by atoms with Crippen LogP contribution in [0.1, 0.15) is 42.3 Å². The molecule has 2 heterocycles. The molecule has 7 nitrogen and oxygen atoms in total. The number of aromatic nitrogens is 1. The van der Waals surface area contributed by atoms with Crippen molar-refractivity contribution in [2.45, 2.75) is 26.2 Å². The van der Waals surface area contributed by atoms with Crippen LogP contribution in [0.4, 0.5) is 5.82 Å². The highest BCUT2D eigenvalue weighted by atomic mass is 16.7. The van der Waals surface area contributed by atoms with Crippen LogP contribution in [0.3, 0.4) is 0 Å². The van der Waals surface area contributed by atoms with Gasteiger partial charge < -0.3 is 20.1 Å². The molecule has 0 atom stereocenters. The van der Waals surface area contributed by atoms with Gasteiger partial charge in [0.1, 0.15) is 11.9 Å². The predicted octanol–water partition coefficient (Wildman–Crippen LogP) is 3.97. The van der Waals surface area contributed by atoms with Gasteiger partial charge in [0.15, 0.2) is 11.5 Å². The first-order valence-corrected chi connectivity index (χ1v) is 10.1. The molecule has 0 radical (unpaired) electrons. The third kappa shape index (κ3) is 4.38. The highest BCUT2D eigenvalue weighted by Gasteiger charge is 2.17. The van der Waals surface area contributed by atoms with Gasteiger partial charge in [-0.25, -0.2) is 4.98 Å². The number of nitrogens with zero attached hydrogens (tertiary/aromatic N) is 2. The van der Waals surface area contributed by atoms with Crippen LogP contribution >= 0.6 is 0 Å². The van der Waals surface area contributed by atoms with E-state index in [1.54, 1.807) is 12.1 Å². The van der Waals surface area contributed by atoms with Crippen LogP contribution in [0.5, 0.6) is 11.5 Å². The fraction of sp³-hybridized carbons (Fsp3) is 0.292. The average molecular weight is 416 g/mol. The smallest absolute Gasteiger partial charge is 0.251 e. The van der Waals surface area contributed by atoms with Gasteiger partial charge in [-0.2, -0.15) is 5.26 Å². The number of pyridine rings is 1. The van der Waals surface area contributed by atoms with Crippen LogP contribution in [0.25, 0.3) is 10.9 Å². The Kier molecular flexibility index (Phi) is 5.38. The topological polar surface area (TPSA) is 96.3 Å². The van der Waals surface area contributed by atoms with Crippen molar-refractivity contribution in [3.8, 4) is 17.6 Å². The van der Waals surface area contributed by atoms with Crippen LogP contribution in [0.15, 0.2) is 42.5 Å². The van der Waals surface area contributed by atoms with E-state index in [0.717, 1.165) is 5.39 Å². The molecule has 1 aliphatic rings. The Bertz CT molecular complexity index is 1170. The summed E-state index contributed by atoms with van der Waals surface area (Å²) in [5.41, 5.74) is 2.97. The second kappa shape index (κ2) is 8.15. The molecule has 2 N–H and O–H groups in total. The lowest BCUT2D eigenvalue weighted by molar-refractivity contribution is 0.0955. The lowest BCUT2D eigenvalue weighted by Crippen LogP contribution is -2.29.